The van der Waals surface area contributed by atoms with Gasteiger partial charge in [-0.15, -0.1) is 0 Å². The zero-order valence-electron chi connectivity index (χ0n) is 11.8. The van der Waals surface area contributed by atoms with Crippen molar-refractivity contribution in [2.24, 2.45) is 17.3 Å². The molecule has 1 saturated carbocycles. The van der Waals surface area contributed by atoms with Crippen LogP contribution in [0.4, 0.5) is 0 Å². The number of piperidine rings is 1. The van der Waals surface area contributed by atoms with E-state index in [0.29, 0.717) is 11.7 Å². The Morgan fingerprint density at radius 3 is 2.41 bits per heavy atom. The smallest absolute Gasteiger partial charge is 0.155 e. The van der Waals surface area contributed by atoms with Crippen molar-refractivity contribution in [3.8, 4) is 0 Å². The second-order valence-electron chi connectivity index (χ2n) is 7.04. The van der Waals surface area contributed by atoms with Gasteiger partial charge >= 0.3 is 0 Å². The number of hydrogen-bond donors (Lipinski definition) is 0. The Labute approximate surface area is 106 Å². The summed E-state index contributed by atoms with van der Waals surface area (Å²) < 4.78 is 0. The monoisotopic (exact) mass is 237 g/mol. The second-order valence-corrected chi connectivity index (χ2v) is 7.04. The molecule has 2 rings (SSSR count). The van der Waals surface area contributed by atoms with Gasteiger partial charge in [-0.2, -0.15) is 0 Å². The largest absolute Gasteiger partial charge is 0.297 e. The molecule has 0 N–H and O–H groups in total. The standard InChI is InChI=1S/C15H27NO/c1-15(2,3)14(17)13-12-8-6-5-7-11(12)9-10-16(13)4/h11-13H,5-10H2,1-4H3. The Kier molecular flexibility index (Phi) is 3.63. The SMILES string of the molecule is CN1CCC2CCCCC2C1C(=O)C(C)(C)C. The van der Waals surface area contributed by atoms with Gasteiger partial charge in [-0.25, -0.2) is 0 Å². The molecular formula is C15H27NO. The van der Waals surface area contributed by atoms with Crippen LogP contribution in [0.5, 0.6) is 0 Å². The lowest BCUT2D eigenvalue weighted by Gasteiger charge is -2.47. The number of nitrogens with zero attached hydrogens (tertiary/aromatic N) is 1. The summed E-state index contributed by atoms with van der Waals surface area (Å²) in [6.45, 7) is 7.30. The Hall–Kier alpha value is -0.370. The summed E-state index contributed by atoms with van der Waals surface area (Å²) in [6, 6.07) is 0.189. The number of likely N-dealkylation sites (tertiary alicyclic amines) is 1. The quantitative estimate of drug-likeness (QED) is 0.698. The summed E-state index contributed by atoms with van der Waals surface area (Å²) in [6.07, 6.45) is 6.62. The van der Waals surface area contributed by atoms with Gasteiger partial charge in [0.05, 0.1) is 6.04 Å². The predicted molar refractivity (Wildman–Crippen MR) is 70.9 cm³/mol. The molecule has 1 aliphatic heterocycles. The number of carbonyl (C=O) groups excluding carboxylic acids is 1. The average molecular weight is 237 g/mol. The van der Waals surface area contributed by atoms with Crippen LogP contribution in [0.25, 0.3) is 0 Å². The van der Waals surface area contributed by atoms with Crippen LogP contribution >= 0.6 is 0 Å². The third-order valence-electron chi connectivity index (χ3n) is 4.71. The molecule has 17 heavy (non-hydrogen) atoms. The van der Waals surface area contributed by atoms with E-state index in [4.69, 9.17) is 0 Å². The van der Waals surface area contributed by atoms with Gasteiger partial charge in [0, 0.05) is 5.41 Å². The maximum atomic E-state index is 12.6. The van der Waals surface area contributed by atoms with E-state index < -0.39 is 0 Å². The van der Waals surface area contributed by atoms with Gasteiger partial charge in [0.1, 0.15) is 0 Å². The van der Waals surface area contributed by atoms with Gasteiger partial charge in [-0.1, -0.05) is 40.0 Å². The first-order valence-corrected chi connectivity index (χ1v) is 7.16. The number of fused-ring (bicyclic) bond motifs is 1. The van der Waals surface area contributed by atoms with Crippen LogP contribution in [0.15, 0.2) is 0 Å². The van der Waals surface area contributed by atoms with E-state index in [1.165, 1.54) is 32.1 Å². The van der Waals surface area contributed by atoms with Crippen molar-refractivity contribution < 1.29 is 4.79 Å². The molecular weight excluding hydrogens is 210 g/mol. The van der Waals surface area contributed by atoms with Crippen molar-refractivity contribution in [2.75, 3.05) is 13.6 Å². The highest BCUT2D eigenvalue weighted by molar-refractivity contribution is 5.89. The number of rotatable bonds is 1. The molecule has 0 amide bonds. The number of ketones is 1. The zero-order chi connectivity index (χ0) is 12.6. The van der Waals surface area contributed by atoms with Gasteiger partial charge in [-0.3, -0.25) is 9.69 Å². The average Bonchev–Trinajstić information content (AvgIpc) is 2.27. The third-order valence-corrected chi connectivity index (χ3v) is 4.71. The maximum absolute atomic E-state index is 12.6. The van der Waals surface area contributed by atoms with E-state index in [-0.39, 0.29) is 11.5 Å². The molecule has 2 aliphatic rings. The fourth-order valence-corrected chi connectivity index (χ4v) is 3.68. The molecule has 3 unspecified atom stereocenters. The molecule has 2 nitrogen and oxygen atoms in total. The minimum absolute atomic E-state index is 0.189. The van der Waals surface area contributed by atoms with Crippen molar-refractivity contribution in [1.82, 2.24) is 4.90 Å². The predicted octanol–water partition coefficient (Wildman–Crippen LogP) is 3.11. The Bertz CT molecular complexity index is 292. The van der Waals surface area contributed by atoms with Crippen LogP contribution in [0.2, 0.25) is 0 Å². The highest BCUT2D eigenvalue weighted by atomic mass is 16.1. The van der Waals surface area contributed by atoms with Crippen molar-refractivity contribution in [3.05, 3.63) is 0 Å². The van der Waals surface area contributed by atoms with E-state index in [1.807, 2.05) is 0 Å². The van der Waals surface area contributed by atoms with E-state index in [1.54, 1.807) is 0 Å². The van der Waals surface area contributed by atoms with Crippen LogP contribution in [0, 0.1) is 17.3 Å². The number of Topliss-reactive ketones (excluding diaryl/α,β-unsaturated/α-hetero) is 1. The van der Waals surface area contributed by atoms with Crippen molar-refractivity contribution in [1.29, 1.82) is 0 Å². The molecule has 3 atom stereocenters. The molecule has 2 heteroatoms. The number of hydrogen-bond acceptors (Lipinski definition) is 2. The summed E-state index contributed by atoms with van der Waals surface area (Å²) in [5.41, 5.74) is -0.196. The minimum atomic E-state index is -0.196. The Balaban J connectivity index is 2.19. The summed E-state index contributed by atoms with van der Waals surface area (Å²) >= 11 is 0. The molecule has 98 valence electrons. The summed E-state index contributed by atoms with van der Waals surface area (Å²) in [4.78, 5) is 15.0. The van der Waals surface area contributed by atoms with Crippen LogP contribution in [-0.4, -0.2) is 30.3 Å². The molecule has 0 aromatic rings. The molecule has 0 radical (unpaired) electrons. The molecule has 1 saturated heterocycles. The maximum Gasteiger partial charge on any atom is 0.155 e. The third kappa shape index (κ3) is 2.57. The normalized spacial score (nSPS) is 35.4. The molecule has 2 fully saturated rings. The Morgan fingerprint density at radius 1 is 1.12 bits per heavy atom. The fourth-order valence-electron chi connectivity index (χ4n) is 3.68. The molecule has 0 aromatic carbocycles. The first kappa shape index (κ1) is 13.1. The van der Waals surface area contributed by atoms with Gasteiger partial charge in [0.15, 0.2) is 5.78 Å². The molecule has 0 bridgehead atoms. The highest BCUT2D eigenvalue weighted by Crippen LogP contribution is 2.41. The molecule has 1 heterocycles. The summed E-state index contributed by atoms with van der Waals surface area (Å²) in [5, 5.41) is 0. The van der Waals surface area contributed by atoms with Gasteiger partial charge in [-0.05, 0) is 38.3 Å². The van der Waals surface area contributed by atoms with Crippen molar-refractivity contribution >= 4 is 5.78 Å². The zero-order valence-corrected chi connectivity index (χ0v) is 11.8. The number of likely N-dealkylation sites (N-methyl/N-ethyl adjacent to an activating group) is 1. The second kappa shape index (κ2) is 4.72. The fraction of sp³-hybridized carbons (Fsp3) is 0.933. The van der Waals surface area contributed by atoms with Gasteiger partial charge in [0.2, 0.25) is 0 Å². The van der Waals surface area contributed by atoms with Crippen LogP contribution in [0.1, 0.15) is 52.9 Å². The lowest BCUT2D eigenvalue weighted by atomic mass is 9.67. The van der Waals surface area contributed by atoms with Crippen molar-refractivity contribution in [3.63, 3.8) is 0 Å². The molecule has 0 spiro atoms. The van der Waals surface area contributed by atoms with E-state index in [0.717, 1.165) is 12.5 Å². The lowest BCUT2D eigenvalue weighted by molar-refractivity contribution is -0.137. The first-order valence-electron chi connectivity index (χ1n) is 7.16. The van der Waals surface area contributed by atoms with Gasteiger partial charge < -0.3 is 0 Å². The highest BCUT2D eigenvalue weighted by Gasteiger charge is 2.44. The van der Waals surface area contributed by atoms with E-state index >= 15 is 0 Å². The topological polar surface area (TPSA) is 20.3 Å². The Morgan fingerprint density at radius 2 is 1.76 bits per heavy atom. The minimum Gasteiger partial charge on any atom is -0.297 e. The van der Waals surface area contributed by atoms with Crippen LogP contribution < -0.4 is 0 Å². The summed E-state index contributed by atoms with van der Waals surface area (Å²) in [5.74, 6) is 1.90. The van der Waals surface area contributed by atoms with E-state index in [9.17, 15) is 4.79 Å². The summed E-state index contributed by atoms with van der Waals surface area (Å²) in [7, 11) is 2.14. The first-order chi connectivity index (χ1) is 7.91. The molecule has 1 aliphatic carbocycles. The lowest BCUT2D eigenvalue weighted by Crippen LogP contribution is -2.55. The number of carbonyl (C=O) groups is 1. The molecule has 0 aromatic heterocycles. The van der Waals surface area contributed by atoms with Crippen molar-refractivity contribution in [2.45, 2.75) is 58.9 Å². The van der Waals surface area contributed by atoms with Crippen LogP contribution in [-0.2, 0) is 4.79 Å². The van der Waals surface area contributed by atoms with Crippen LogP contribution in [0.3, 0.4) is 0 Å². The van der Waals surface area contributed by atoms with Gasteiger partial charge in [0.25, 0.3) is 0 Å². The van der Waals surface area contributed by atoms with E-state index in [2.05, 4.69) is 32.7 Å².